The minimum absolute atomic E-state index is 0.0240. The molecule has 0 aliphatic rings. The summed E-state index contributed by atoms with van der Waals surface area (Å²) in [6.07, 6.45) is 0. The first-order valence-electron chi connectivity index (χ1n) is 8.46. The molecule has 0 unspecified atom stereocenters. The standard InChI is InChI=1S/C21H27NO2/c1-14(2)18-8-10-20(11-9-18)24-13-21(23)22-17(5)19-7-6-15(3)16(4)12-19/h6-12,14,17H,13H2,1-5H3,(H,22,23)/t17-/m0/s1. The van der Waals surface area contributed by atoms with Crippen LogP contribution in [0.2, 0.25) is 0 Å². The summed E-state index contributed by atoms with van der Waals surface area (Å²) in [6, 6.07) is 14.1. The van der Waals surface area contributed by atoms with Crippen LogP contribution in [-0.4, -0.2) is 12.5 Å². The quantitative estimate of drug-likeness (QED) is 0.837. The first-order chi connectivity index (χ1) is 11.4. The van der Waals surface area contributed by atoms with Crippen LogP contribution in [0, 0.1) is 13.8 Å². The number of rotatable bonds is 6. The van der Waals surface area contributed by atoms with Gasteiger partial charge in [0.1, 0.15) is 5.75 Å². The summed E-state index contributed by atoms with van der Waals surface area (Å²) in [5.74, 6) is 1.09. The highest BCUT2D eigenvalue weighted by atomic mass is 16.5. The fourth-order valence-corrected chi connectivity index (χ4v) is 2.50. The number of hydrogen-bond donors (Lipinski definition) is 1. The minimum Gasteiger partial charge on any atom is -0.484 e. The van der Waals surface area contributed by atoms with E-state index in [4.69, 9.17) is 4.74 Å². The smallest absolute Gasteiger partial charge is 0.258 e. The van der Waals surface area contributed by atoms with Gasteiger partial charge in [-0.25, -0.2) is 0 Å². The van der Waals surface area contributed by atoms with Gasteiger partial charge in [0.2, 0.25) is 0 Å². The van der Waals surface area contributed by atoms with E-state index in [1.165, 1.54) is 16.7 Å². The molecule has 0 bridgehead atoms. The minimum atomic E-state index is -0.117. The van der Waals surface area contributed by atoms with E-state index in [0.29, 0.717) is 11.7 Å². The van der Waals surface area contributed by atoms with Crippen molar-refractivity contribution in [2.24, 2.45) is 0 Å². The number of ether oxygens (including phenoxy) is 1. The number of benzene rings is 2. The van der Waals surface area contributed by atoms with Gasteiger partial charge < -0.3 is 10.1 Å². The predicted molar refractivity (Wildman–Crippen MR) is 98.5 cm³/mol. The Morgan fingerprint density at radius 2 is 1.58 bits per heavy atom. The molecule has 0 saturated heterocycles. The Balaban J connectivity index is 1.87. The molecule has 0 fully saturated rings. The molecule has 1 amide bonds. The number of nitrogens with one attached hydrogen (secondary N) is 1. The third kappa shape index (κ3) is 4.85. The summed E-state index contributed by atoms with van der Waals surface area (Å²) in [6.45, 7) is 10.5. The third-order valence-electron chi connectivity index (χ3n) is 4.33. The molecule has 0 aliphatic carbocycles. The molecule has 1 atom stereocenters. The highest BCUT2D eigenvalue weighted by molar-refractivity contribution is 5.78. The number of carbonyl (C=O) groups is 1. The lowest BCUT2D eigenvalue weighted by atomic mass is 10.0. The highest BCUT2D eigenvalue weighted by Crippen LogP contribution is 2.19. The Morgan fingerprint density at radius 1 is 0.958 bits per heavy atom. The molecule has 3 heteroatoms. The maximum Gasteiger partial charge on any atom is 0.258 e. The van der Waals surface area contributed by atoms with E-state index >= 15 is 0 Å². The van der Waals surface area contributed by atoms with Gasteiger partial charge in [-0.3, -0.25) is 4.79 Å². The van der Waals surface area contributed by atoms with Crippen LogP contribution in [0.4, 0.5) is 0 Å². The second-order valence-electron chi connectivity index (χ2n) is 6.65. The maximum atomic E-state index is 12.1. The molecule has 128 valence electrons. The van der Waals surface area contributed by atoms with Crippen molar-refractivity contribution in [1.82, 2.24) is 5.32 Å². The van der Waals surface area contributed by atoms with Crippen LogP contribution in [0.5, 0.6) is 5.75 Å². The van der Waals surface area contributed by atoms with Crippen molar-refractivity contribution in [3.05, 3.63) is 64.7 Å². The van der Waals surface area contributed by atoms with E-state index in [1.807, 2.05) is 31.2 Å². The molecule has 0 radical (unpaired) electrons. The van der Waals surface area contributed by atoms with E-state index in [1.54, 1.807) is 0 Å². The normalized spacial score (nSPS) is 12.1. The molecular weight excluding hydrogens is 298 g/mol. The van der Waals surface area contributed by atoms with Crippen molar-refractivity contribution < 1.29 is 9.53 Å². The Kier molecular flexibility index (Phi) is 6.02. The second kappa shape index (κ2) is 8.00. The van der Waals surface area contributed by atoms with Gasteiger partial charge in [0.05, 0.1) is 6.04 Å². The molecule has 24 heavy (non-hydrogen) atoms. The first kappa shape index (κ1) is 18.1. The average Bonchev–Trinajstić information content (AvgIpc) is 2.55. The van der Waals surface area contributed by atoms with Crippen molar-refractivity contribution in [3.63, 3.8) is 0 Å². The molecule has 1 N–H and O–H groups in total. The van der Waals surface area contributed by atoms with E-state index in [9.17, 15) is 4.79 Å². The Bertz CT molecular complexity index is 689. The largest absolute Gasteiger partial charge is 0.484 e. The SMILES string of the molecule is Cc1ccc([C@H](C)NC(=O)COc2ccc(C(C)C)cc2)cc1C. The van der Waals surface area contributed by atoms with Crippen LogP contribution in [0.1, 0.15) is 55.0 Å². The van der Waals surface area contributed by atoms with Crippen molar-refractivity contribution >= 4 is 5.91 Å². The molecule has 0 aromatic heterocycles. The molecule has 0 spiro atoms. The zero-order valence-electron chi connectivity index (χ0n) is 15.2. The molecular formula is C21H27NO2. The number of aryl methyl sites for hydroxylation is 2. The summed E-state index contributed by atoms with van der Waals surface area (Å²) >= 11 is 0. The number of hydrogen-bond acceptors (Lipinski definition) is 2. The summed E-state index contributed by atoms with van der Waals surface area (Å²) in [4.78, 5) is 12.1. The second-order valence-corrected chi connectivity index (χ2v) is 6.65. The van der Waals surface area contributed by atoms with Gasteiger partial charge >= 0.3 is 0 Å². The topological polar surface area (TPSA) is 38.3 Å². The van der Waals surface area contributed by atoms with Crippen LogP contribution < -0.4 is 10.1 Å². The molecule has 2 rings (SSSR count). The lowest BCUT2D eigenvalue weighted by molar-refractivity contribution is -0.123. The van der Waals surface area contributed by atoms with Crippen molar-refractivity contribution in [3.8, 4) is 5.75 Å². The summed E-state index contributed by atoms with van der Waals surface area (Å²) in [5.41, 5.74) is 4.85. The van der Waals surface area contributed by atoms with E-state index in [-0.39, 0.29) is 18.6 Å². The maximum absolute atomic E-state index is 12.1. The zero-order valence-corrected chi connectivity index (χ0v) is 15.2. The molecule has 0 aliphatic heterocycles. The van der Waals surface area contributed by atoms with E-state index in [2.05, 4.69) is 51.2 Å². The van der Waals surface area contributed by atoms with Gasteiger partial charge in [0, 0.05) is 0 Å². The van der Waals surface area contributed by atoms with Crippen LogP contribution in [0.3, 0.4) is 0 Å². The van der Waals surface area contributed by atoms with Gasteiger partial charge in [0.25, 0.3) is 5.91 Å². The van der Waals surface area contributed by atoms with Gasteiger partial charge in [-0.05, 0) is 61.1 Å². The Hall–Kier alpha value is -2.29. The average molecular weight is 325 g/mol. The van der Waals surface area contributed by atoms with Crippen molar-refractivity contribution in [2.45, 2.75) is 46.6 Å². The Labute approximate surface area is 145 Å². The molecule has 2 aromatic carbocycles. The summed E-state index contributed by atoms with van der Waals surface area (Å²) < 4.78 is 5.57. The highest BCUT2D eigenvalue weighted by Gasteiger charge is 2.11. The van der Waals surface area contributed by atoms with Crippen LogP contribution in [-0.2, 0) is 4.79 Å². The Morgan fingerprint density at radius 3 is 2.17 bits per heavy atom. The van der Waals surface area contributed by atoms with E-state index < -0.39 is 0 Å². The summed E-state index contributed by atoms with van der Waals surface area (Å²) in [5, 5.41) is 2.98. The van der Waals surface area contributed by atoms with Crippen molar-refractivity contribution in [2.75, 3.05) is 6.61 Å². The number of amides is 1. The van der Waals surface area contributed by atoms with Crippen LogP contribution in [0.25, 0.3) is 0 Å². The van der Waals surface area contributed by atoms with Gasteiger partial charge in [-0.1, -0.05) is 44.2 Å². The molecule has 0 saturated carbocycles. The lowest BCUT2D eigenvalue weighted by Gasteiger charge is -2.16. The predicted octanol–water partition coefficient (Wildman–Crippen LogP) is 4.68. The van der Waals surface area contributed by atoms with Gasteiger partial charge in [-0.2, -0.15) is 0 Å². The fourth-order valence-electron chi connectivity index (χ4n) is 2.50. The first-order valence-corrected chi connectivity index (χ1v) is 8.46. The molecule has 2 aromatic rings. The molecule has 0 heterocycles. The van der Waals surface area contributed by atoms with Crippen molar-refractivity contribution in [1.29, 1.82) is 0 Å². The monoisotopic (exact) mass is 325 g/mol. The van der Waals surface area contributed by atoms with Gasteiger partial charge in [0.15, 0.2) is 6.61 Å². The summed E-state index contributed by atoms with van der Waals surface area (Å²) in [7, 11) is 0. The zero-order chi connectivity index (χ0) is 17.7. The van der Waals surface area contributed by atoms with Crippen LogP contribution in [0.15, 0.2) is 42.5 Å². The van der Waals surface area contributed by atoms with E-state index in [0.717, 1.165) is 5.56 Å². The lowest BCUT2D eigenvalue weighted by Crippen LogP contribution is -2.31. The molecule has 3 nitrogen and oxygen atoms in total. The number of carbonyl (C=O) groups excluding carboxylic acids is 1. The van der Waals surface area contributed by atoms with Crippen LogP contribution >= 0.6 is 0 Å². The fraction of sp³-hybridized carbons (Fsp3) is 0.381. The van der Waals surface area contributed by atoms with Gasteiger partial charge in [-0.15, -0.1) is 0 Å². The third-order valence-corrected chi connectivity index (χ3v) is 4.33.